The highest BCUT2D eigenvalue weighted by Gasteiger charge is 2.21. The highest BCUT2D eigenvalue weighted by Crippen LogP contribution is 2.21. The molecule has 0 saturated heterocycles. The molecule has 156 valence electrons. The Balaban J connectivity index is 1.77. The van der Waals surface area contributed by atoms with Crippen molar-refractivity contribution in [2.75, 3.05) is 6.54 Å². The zero-order valence-electron chi connectivity index (χ0n) is 17.1. The van der Waals surface area contributed by atoms with Crippen LogP contribution in [-0.4, -0.2) is 45.5 Å². The van der Waals surface area contributed by atoms with Crippen LogP contribution in [0.15, 0.2) is 30.9 Å². The largest absolute Gasteiger partial charge is 0.508 e. The fourth-order valence-electron chi connectivity index (χ4n) is 3.11. The van der Waals surface area contributed by atoms with Gasteiger partial charge in [-0.25, -0.2) is 9.97 Å². The molecule has 29 heavy (non-hydrogen) atoms. The number of phenolic OH excluding ortho intramolecular Hbond substituents is 1. The summed E-state index contributed by atoms with van der Waals surface area (Å²) in [5, 5.41) is 15.1. The zero-order chi connectivity index (χ0) is 21.4. The van der Waals surface area contributed by atoms with Crippen molar-refractivity contribution in [2.45, 2.75) is 52.1 Å². The highest BCUT2D eigenvalue weighted by molar-refractivity contribution is 5.89. The molecule has 2 rings (SSSR count). The van der Waals surface area contributed by atoms with Gasteiger partial charge >= 0.3 is 0 Å². The van der Waals surface area contributed by atoms with Crippen molar-refractivity contribution in [1.82, 2.24) is 20.6 Å². The summed E-state index contributed by atoms with van der Waals surface area (Å²) >= 11 is 0. The molecule has 8 nitrogen and oxygen atoms in total. The van der Waals surface area contributed by atoms with Crippen molar-refractivity contribution < 1.29 is 14.7 Å². The Labute approximate surface area is 170 Å². The summed E-state index contributed by atoms with van der Waals surface area (Å²) in [7, 11) is 0. The molecule has 2 atom stereocenters. The van der Waals surface area contributed by atoms with Gasteiger partial charge in [-0.2, -0.15) is 0 Å². The van der Waals surface area contributed by atoms with Crippen molar-refractivity contribution in [1.29, 1.82) is 0 Å². The van der Waals surface area contributed by atoms with Gasteiger partial charge in [0.25, 0.3) is 0 Å². The molecule has 0 aliphatic heterocycles. The number of hydrogen-bond acceptors (Lipinski definition) is 6. The Morgan fingerprint density at radius 3 is 2.38 bits per heavy atom. The number of nitrogens with zero attached hydrogens (tertiary/aromatic N) is 2. The van der Waals surface area contributed by atoms with E-state index in [0.717, 1.165) is 35.1 Å². The first kappa shape index (κ1) is 22.3. The highest BCUT2D eigenvalue weighted by atomic mass is 16.3. The van der Waals surface area contributed by atoms with Crippen LogP contribution in [0.2, 0.25) is 0 Å². The maximum Gasteiger partial charge on any atom is 0.242 e. The first-order chi connectivity index (χ1) is 13.8. The SMILES string of the molecule is Cc1cc(O)cc(C)c1C[C@H](N)C(=O)N[C@H](C)C(=O)NCCCc1cncnc1. The van der Waals surface area contributed by atoms with E-state index in [-0.39, 0.29) is 17.6 Å². The number of carbonyl (C=O) groups excluding carboxylic acids is 2. The Morgan fingerprint density at radius 1 is 1.14 bits per heavy atom. The van der Waals surface area contributed by atoms with Crippen LogP contribution in [-0.2, 0) is 22.4 Å². The van der Waals surface area contributed by atoms with E-state index in [1.165, 1.54) is 6.33 Å². The van der Waals surface area contributed by atoms with Crippen LogP contribution in [0.1, 0.15) is 35.6 Å². The molecule has 0 spiro atoms. The summed E-state index contributed by atoms with van der Waals surface area (Å²) in [6, 6.07) is 1.82. The van der Waals surface area contributed by atoms with Crippen molar-refractivity contribution in [3.63, 3.8) is 0 Å². The number of benzene rings is 1. The number of nitrogens with two attached hydrogens (primary N) is 1. The molecule has 1 aromatic carbocycles. The van der Waals surface area contributed by atoms with Crippen LogP contribution in [0.3, 0.4) is 0 Å². The minimum Gasteiger partial charge on any atom is -0.508 e. The number of aryl methyl sites for hydroxylation is 3. The summed E-state index contributed by atoms with van der Waals surface area (Å²) in [6.07, 6.45) is 6.81. The number of aromatic nitrogens is 2. The minimum atomic E-state index is -0.787. The Bertz CT molecular complexity index is 818. The monoisotopic (exact) mass is 399 g/mol. The van der Waals surface area contributed by atoms with Gasteiger partial charge in [-0.05, 0) is 74.4 Å². The quantitative estimate of drug-likeness (QED) is 0.464. The van der Waals surface area contributed by atoms with E-state index in [9.17, 15) is 14.7 Å². The second-order valence-corrected chi connectivity index (χ2v) is 7.24. The fraction of sp³-hybridized carbons (Fsp3) is 0.429. The van der Waals surface area contributed by atoms with E-state index >= 15 is 0 Å². The standard InChI is InChI=1S/C21H29N5O3/c1-13-7-17(27)8-14(2)18(13)9-19(22)21(29)26-15(3)20(28)25-6-4-5-16-10-23-12-24-11-16/h7-8,10-12,15,19,27H,4-6,9,22H2,1-3H3,(H,25,28)(H,26,29)/t15-,19+/m1/s1. The van der Waals surface area contributed by atoms with Gasteiger partial charge in [0.1, 0.15) is 18.1 Å². The summed E-state index contributed by atoms with van der Waals surface area (Å²) in [5.41, 5.74) is 9.72. The van der Waals surface area contributed by atoms with Crippen molar-refractivity contribution in [3.05, 3.63) is 53.1 Å². The van der Waals surface area contributed by atoms with E-state index in [4.69, 9.17) is 5.73 Å². The Kier molecular flexibility index (Phi) is 8.09. The first-order valence-corrected chi connectivity index (χ1v) is 9.64. The average Bonchev–Trinajstić information content (AvgIpc) is 2.68. The first-order valence-electron chi connectivity index (χ1n) is 9.64. The topological polar surface area (TPSA) is 130 Å². The molecule has 2 aromatic rings. The summed E-state index contributed by atoms with van der Waals surface area (Å²) in [6.45, 7) is 5.85. The van der Waals surface area contributed by atoms with Crippen molar-refractivity contribution >= 4 is 11.8 Å². The molecule has 0 radical (unpaired) electrons. The fourth-order valence-corrected chi connectivity index (χ4v) is 3.11. The summed E-state index contributed by atoms with van der Waals surface area (Å²) in [4.78, 5) is 32.5. The lowest BCUT2D eigenvalue weighted by Crippen LogP contribution is -2.51. The normalized spacial score (nSPS) is 12.8. The Hall–Kier alpha value is -3.00. The average molecular weight is 399 g/mol. The minimum absolute atomic E-state index is 0.187. The molecule has 0 fully saturated rings. The number of phenols is 1. The molecule has 0 unspecified atom stereocenters. The molecule has 2 amide bonds. The maximum absolute atomic E-state index is 12.4. The van der Waals surface area contributed by atoms with Gasteiger partial charge in [0, 0.05) is 18.9 Å². The maximum atomic E-state index is 12.4. The van der Waals surface area contributed by atoms with E-state index in [0.29, 0.717) is 13.0 Å². The molecule has 1 aromatic heterocycles. The van der Waals surface area contributed by atoms with E-state index < -0.39 is 12.1 Å². The number of aromatic hydroxyl groups is 1. The number of amides is 2. The molecular weight excluding hydrogens is 370 g/mol. The van der Waals surface area contributed by atoms with Crippen LogP contribution in [0, 0.1) is 13.8 Å². The zero-order valence-corrected chi connectivity index (χ0v) is 17.1. The number of nitrogens with one attached hydrogen (secondary N) is 2. The lowest BCUT2D eigenvalue weighted by atomic mass is 9.96. The third kappa shape index (κ3) is 6.83. The third-order valence-corrected chi connectivity index (χ3v) is 4.75. The predicted molar refractivity (Wildman–Crippen MR) is 110 cm³/mol. The van der Waals surface area contributed by atoms with Gasteiger partial charge in [-0.3, -0.25) is 9.59 Å². The number of carbonyl (C=O) groups is 2. The molecule has 8 heteroatoms. The molecule has 1 heterocycles. The molecular formula is C21H29N5O3. The second kappa shape index (κ2) is 10.5. The lowest BCUT2D eigenvalue weighted by Gasteiger charge is -2.19. The second-order valence-electron chi connectivity index (χ2n) is 7.24. The molecule has 0 aliphatic carbocycles. The van der Waals surface area contributed by atoms with E-state index in [1.54, 1.807) is 31.5 Å². The van der Waals surface area contributed by atoms with Gasteiger partial charge in [-0.15, -0.1) is 0 Å². The molecule has 0 aliphatic rings. The van der Waals surface area contributed by atoms with Crippen molar-refractivity contribution in [2.24, 2.45) is 5.73 Å². The lowest BCUT2D eigenvalue weighted by molar-refractivity contribution is -0.129. The summed E-state index contributed by atoms with van der Waals surface area (Å²) in [5.74, 6) is -0.459. The van der Waals surface area contributed by atoms with E-state index in [1.807, 2.05) is 13.8 Å². The number of hydrogen-bond donors (Lipinski definition) is 4. The van der Waals surface area contributed by atoms with Crippen LogP contribution < -0.4 is 16.4 Å². The van der Waals surface area contributed by atoms with Gasteiger partial charge in [0.2, 0.25) is 11.8 Å². The van der Waals surface area contributed by atoms with Gasteiger partial charge in [0.05, 0.1) is 6.04 Å². The smallest absolute Gasteiger partial charge is 0.242 e. The van der Waals surface area contributed by atoms with Gasteiger partial charge in [-0.1, -0.05) is 0 Å². The molecule has 5 N–H and O–H groups in total. The summed E-state index contributed by atoms with van der Waals surface area (Å²) < 4.78 is 0. The van der Waals surface area contributed by atoms with Crippen LogP contribution in [0.5, 0.6) is 5.75 Å². The van der Waals surface area contributed by atoms with Crippen LogP contribution in [0.25, 0.3) is 0 Å². The molecule has 0 saturated carbocycles. The predicted octanol–water partition coefficient (Wildman–Crippen LogP) is 0.923. The van der Waals surface area contributed by atoms with Gasteiger partial charge < -0.3 is 21.5 Å². The number of rotatable bonds is 9. The van der Waals surface area contributed by atoms with Crippen LogP contribution >= 0.6 is 0 Å². The molecule has 0 bridgehead atoms. The third-order valence-electron chi connectivity index (χ3n) is 4.75. The van der Waals surface area contributed by atoms with Gasteiger partial charge in [0.15, 0.2) is 0 Å². The van der Waals surface area contributed by atoms with E-state index in [2.05, 4.69) is 20.6 Å². The van der Waals surface area contributed by atoms with Crippen LogP contribution in [0.4, 0.5) is 0 Å². The van der Waals surface area contributed by atoms with Crippen molar-refractivity contribution in [3.8, 4) is 5.75 Å². The Morgan fingerprint density at radius 2 is 1.76 bits per heavy atom.